The predicted octanol–water partition coefficient (Wildman–Crippen LogP) is 6.26. The highest BCUT2D eigenvalue weighted by Crippen LogP contribution is 2.41. The third-order valence-corrected chi connectivity index (χ3v) is 5.74. The Morgan fingerprint density at radius 3 is 2.64 bits per heavy atom. The smallest absolute Gasteiger partial charge is 0.413 e. The van der Waals surface area contributed by atoms with Crippen molar-refractivity contribution in [3.8, 4) is 16.9 Å². The molecule has 1 N–H and O–H groups in total. The van der Waals surface area contributed by atoms with Gasteiger partial charge in [-0.15, -0.1) is 0 Å². The third kappa shape index (κ3) is 4.62. The van der Waals surface area contributed by atoms with Gasteiger partial charge in [-0.2, -0.15) is 5.10 Å². The van der Waals surface area contributed by atoms with E-state index in [0.29, 0.717) is 28.7 Å². The van der Waals surface area contributed by atoms with Crippen LogP contribution in [0.5, 0.6) is 0 Å². The van der Waals surface area contributed by atoms with E-state index in [1.54, 1.807) is 42.7 Å². The number of rotatable bonds is 6. The molecule has 2 aromatic heterocycles. The summed E-state index contributed by atoms with van der Waals surface area (Å²) in [4.78, 5) is 16.8. The fourth-order valence-corrected chi connectivity index (χ4v) is 3.77. The quantitative estimate of drug-likeness (QED) is 0.383. The van der Waals surface area contributed by atoms with E-state index in [4.69, 9.17) is 4.74 Å². The van der Waals surface area contributed by atoms with Crippen molar-refractivity contribution in [1.29, 1.82) is 0 Å². The van der Waals surface area contributed by atoms with E-state index in [-0.39, 0.29) is 5.82 Å². The maximum atomic E-state index is 14.6. The van der Waals surface area contributed by atoms with Crippen LogP contribution in [-0.2, 0) is 4.74 Å². The lowest BCUT2D eigenvalue weighted by atomic mass is 10.0. The van der Waals surface area contributed by atoms with E-state index in [1.165, 1.54) is 4.68 Å². The molecule has 0 aliphatic heterocycles. The molecule has 0 bridgehead atoms. The van der Waals surface area contributed by atoms with Crippen LogP contribution in [0.1, 0.15) is 42.9 Å². The second-order valence-electron chi connectivity index (χ2n) is 8.13. The molecule has 166 valence electrons. The maximum Gasteiger partial charge on any atom is 0.413 e. The topological polar surface area (TPSA) is 69.0 Å². The number of pyridine rings is 1. The molecule has 7 heteroatoms. The van der Waals surface area contributed by atoms with Crippen molar-refractivity contribution in [2.24, 2.45) is 0 Å². The van der Waals surface area contributed by atoms with Gasteiger partial charge in [-0.1, -0.05) is 36.4 Å². The number of nitrogens with zero attached hydrogens (tertiary/aromatic N) is 3. The molecule has 2 heterocycles. The first-order chi connectivity index (χ1) is 16.1. The number of aromatic nitrogens is 3. The zero-order chi connectivity index (χ0) is 22.8. The first-order valence-corrected chi connectivity index (χ1v) is 10.9. The molecule has 1 aliphatic carbocycles. The van der Waals surface area contributed by atoms with Crippen molar-refractivity contribution in [1.82, 2.24) is 14.8 Å². The summed E-state index contributed by atoms with van der Waals surface area (Å²) in [5.41, 5.74) is 3.58. The number of hydrogen-bond donors (Lipinski definition) is 1. The normalized spacial score (nSPS) is 14.0. The van der Waals surface area contributed by atoms with Crippen LogP contribution in [0.4, 0.5) is 15.0 Å². The number of hydrogen-bond acceptors (Lipinski definition) is 4. The van der Waals surface area contributed by atoms with Crippen molar-refractivity contribution in [2.75, 3.05) is 5.32 Å². The molecule has 4 aromatic rings. The Bertz CT molecular complexity index is 1270. The van der Waals surface area contributed by atoms with Crippen LogP contribution in [0.2, 0.25) is 0 Å². The maximum absolute atomic E-state index is 14.6. The minimum Gasteiger partial charge on any atom is -0.441 e. The molecule has 1 aliphatic rings. The number of amides is 1. The highest BCUT2D eigenvalue weighted by Gasteiger charge is 2.24. The van der Waals surface area contributed by atoms with Crippen molar-refractivity contribution < 1.29 is 13.9 Å². The van der Waals surface area contributed by atoms with Gasteiger partial charge in [0.15, 0.2) is 0 Å². The van der Waals surface area contributed by atoms with Crippen LogP contribution in [0, 0.1) is 5.82 Å². The second-order valence-corrected chi connectivity index (χ2v) is 8.13. The molecule has 1 fully saturated rings. The number of ether oxygens (including phenoxy) is 1. The first kappa shape index (κ1) is 20.9. The Hall–Kier alpha value is -4.00. The largest absolute Gasteiger partial charge is 0.441 e. The monoisotopic (exact) mass is 442 g/mol. The lowest BCUT2D eigenvalue weighted by molar-refractivity contribution is 0.121. The fraction of sp³-hybridized carbons (Fsp3) is 0.192. The SMILES string of the molecule is CC(OC(=O)Nc1ccnn1-c1ccc(-c2ccc(C3CC3)cc2F)nc1)c1ccccc1. The van der Waals surface area contributed by atoms with Crippen molar-refractivity contribution in [3.05, 3.63) is 96.1 Å². The minimum atomic E-state index is -0.587. The Morgan fingerprint density at radius 2 is 1.94 bits per heavy atom. The summed E-state index contributed by atoms with van der Waals surface area (Å²) in [5, 5.41) is 6.99. The average molecular weight is 442 g/mol. The van der Waals surface area contributed by atoms with Gasteiger partial charge in [0.2, 0.25) is 0 Å². The van der Waals surface area contributed by atoms with Crippen molar-refractivity contribution in [3.63, 3.8) is 0 Å². The lowest BCUT2D eigenvalue weighted by Crippen LogP contribution is -2.18. The molecule has 1 atom stereocenters. The van der Waals surface area contributed by atoms with Gasteiger partial charge in [-0.25, -0.2) is 13.9 Å². The van der Waals surface area contributed by atoms with Crippen LogP contribution >= 0.6 is 0 Å². The minimum absolute atomic E-state index is 0.267. The van der Waals surface area contributed by atoms with Crippen LogP contribution in [0.25, 0.3) is 16.9 Å². The summed E-state index contributed by atoms with van der Waals surface area (Å²) in [6, 6.07) is 20.1. The van der Waals surface area contributed by atoms with E-state index in [1.807, 2.05) is 43.3 Å². The van der Waals surface area contributed by atoms with E-state index in [0.717, 1.165) is 24.0 Å². The van der Waals surface area contributed by atoms with Gasteiger partial charge in [0, 0.05) is 11.6 Å². The molecule has 6 nitrogen and oxygen atoms in total. The number of anilines is 1. The molecule has 1 amide bonds. The van der Waals surface area contributed by atoms with Crippen LogP contribution in [0.15, 0.2) is 79.1 Å². The second kappa shape index (κ2) is 8.86. The van der Waals surface area contributed by atoms with E-state index in [2.05, 4.69) is 15.4 Å². The van der Waals surface area contributed by atoms with Crippen LogP contribution in [-0.4, -0.2) is 20.9 Å². The molecular formula is C26H23FN4O2. The zero-order valence-corrected chi connectivity index (χ0v) is 18.1. The third-order valence-electron chi connectivity index (χ3n) is 5.74. The van der Waals surface area contributed by atoms with Crippen LogP contribution < -0.4 is 5.32 Å². The van der Waals surface area contributed by atoms with E-state index < -0.39 is 12.2 Å². The summed E-state index contributed by atoms with van der Waals surface area (Å²) < 4.78 is 21.6. The molecule has 33 heavy (non-hydrogen) atoms. The molecule has 0 saturated heterocycles. The summed E-state index contributed by atoms with van der Waals surface area (Å²) in [6.45, 7) is 1.81. The summed E-state index contributed by atoms with van der Waals surface area (Å²) in [5.74, 6) is 0.670. The molecular weight excluding hydrogens is 419 g/mol. The molecule has 0 spiro atoms. The Morgan fingerprint density at radius 1 is 1.12 bits per heavy atom. The molecule has 0 radical (unpaired) electrons. The Balaban J connectivity index is 1.29. The van der Waals surface area contributed by atoms with E-state index in [9.17, 15) is 9.18 Å². The highest BCUT2D eigenvalue weighted by molar-refractivity contribution is 5.84. The van der Waals surface area contributed by atoms with Crippen molar-refractivity contribution in [2.45, 2.75) is 31.8 Å². The van der Waals surface area contributed by atoms with Crippen LogP contribution in [0.3, 0.4) is 0 Å². The highest BCUT2D eigenvalue weighted by atomic mass is 19.1. The van der Waals surface area contributed by atoms with Gasteiger partial charge >= 0.3 is 6.09 Å². The predicted molar refractivity (Wildman–Crippen MR) is 124 cm³/mol. The standard InChI is InChI=1S/C26H23FN4O2/c1-17(18-5-3-2-4-6-18)33-26(32)30-25-13-14-29-31(25)21-10-12-24(28-16-21)22-11-9-20(15-23(22)27)19-7-8-19/h2-6,9-17,19H,7-8H2,1H3,(H,30,32). The number of halogens is 1. The zero-order valence-electron chi connectivity index (χ0n) is 18.1. The summed E-state index contributed by atoms with van der Waals surface area (Å²) in [7, 11) is 0. The van der Waals surface area contributed by atoms with Crippen molar-refractivity contribution >= 4 is 11.9 Å². The Labute approximate surface area is 191 Å². The van der Waals surface area contributed by atoms with E-state index >= 15 is 0 Å². The van der Waals surface area contributed by atoms with Gasteiger partial charge in [-0.3, -0.25) is 10.3 Å². The molecule has 5 rings (SSSR count). The number of carbonyl (C=O) groups excluding carboxylic acids is 1. The number of benzene rings is 2. The Kier molecular flexibility index (Phi) is 5.60. The van der Waals surface area contributed by atoms with Gasteiger partial charge in [-0.05, 0) is 61.1 Å². The molecule has 1 unspecified atom stereocenters. The summed E-state index contributed by atoms with van der Waals surface area (Å²) in [6.07, 6.45) is 4.44. The average Bonchev–Trinajstić information content (AvgIpc) is 3.59. The first-order valence-electron chi connectivity index (χ1n) is 10.9. The van der Waals surface area contributed by atoms with Gasteiger partial charge in [0.1, 0.15) is 17.7 Å². The molecule has 2 aromatic carbocycles. The number of nitrogens with one attached hydrogen (secondary N) is 1. The molecule has 1 saturated carbocycles. The fourth-order valence-electron chi connectivity index (χ4n) is 3.77. The van der Waals surface area contributed by atoms with Gasteiger partial charge < -0.3 is 4.74 Å². The summed E-state index contributed by atoms with van der Waals surface area (Å²) >= 11 is 0. The number of carbonyl (C=O) groups is 1. The lowest BCUT2D eigenvalue weighted by Gasteiger charge is -2.15. The van der Waals surface area contributed by atoms with Gasteiger partial charge in [0.25, 0.3) is 0 Å². The van der Waals surface area contributed by atoms with Gasteiger partial charge in [0.05, 0.1) is 23.8 Å².